The molecule has 0 radical (unpaired) electrons. The Labute approximate surface area is 193 Å². The lowest BCUT2D eigenvalue weighted by molar-refractivity contribution is -0.137. The minimum Gasteiger partial charge on any atom is -0.484 e. The Balaban J connectivity index is 1.62. The van der Waals surface area contributed by atoms with Gasteiger partial charge in [0.15, 0.2) is 6.61 Å². The van der Waals surface area contributed by atoms with Gasteiger partial charge in [0.25, 0.3) is 15.9 Å². The Morgan fingerprint density at radius 2 is 1.64 bits per heavy atom. The van der Waals surface area contributed by atoms with Crippen LogP contribution in [0, 0.1) is 6.92 Å². The van der Waals surface area contributed by atoms with E-state index in [1.54, 1.807) is 24.3 Å². The molecule has 0 atom stereocenters. The van der Waals surface area contributed by atoms with E-state index < -0.39 is 40.0 Å². The van der Waals surface area contributed by atoms with Gasteiger partial charge in [0.2, 0.25) is 0 Å². The van der Waals surface area contributed by atoms with E-state index in [-0.39, 0.29) is 15.7 Å². The van der Waals surface area contributed by atoms with Gasteiger partial charge >= 0.3 is 6.18 Å². The normalized spacial score (nSPS) is 11.7. The number of aryl methyl sites for hydroxylation is 1. The molecule has 0 spiro atoms. The van der Waals surface area contributed by atoms with Gasteiger partial charge < -0.3 is 10.1 Å². The first-order chi connectivity index (χ1) is 15.4. The molecule has 11 heteroatoms. The Hall–Kier alpha value is -3.24. The van der Waals surface area contributed by atoms with Crippen molar-refractivity contribution >= 4 is 38.9 Å². The van der Waals surface area contributed by atoms with Crippen LogP contribution < -0.4 is 14.8 Å². The summed E-state index contributed by atoms with van der Waals surface area (Å²) in [5, 5.41) is 2.01. The van der Waals surface area contributed by atoms with E-state index in [1.807, 2.05) is 6.92 Å². The highest BCUT2D eigenvalue weighted by molar-refractivity contribution is 7.92. The summed E-state index contributed by atoms with van der Waals surface area (Å²) in [4.78, 5) is 12.0. The third kappa shape index (κ3) is 6.62. The maximum Gasteiger partial charge on any atom is 0.418 e. The maximum absolute atomic E-state index is 13.1. The van der Waals surface area contributed by atoms with E-state index >= 15 is 0 Å². The van der Waals surface area contributed by atoms with Crippen molar-refractivity contribution in [3.63, 3.8) is 0 Å². The van der Waals surface area contributed by atoms with E-state index in [4.69, 9.17) is 16.3 Å². The number of carbonyl (C=O) groups is 1. The Morgan fingerprint density at radius 3 is 2.24 bits per heavy atom. The van der Waals surface area contributed by atoms with Crippen molar-refractivity contribution in [2.45, 2.75) is 18.0 Å². The summed E-state index contributed by atoms with van der Waals surface area (Å²) < 4.78 is 72.0. The molecule has 0 aliphatic carbocycles. The molecule has 0 bridgehead atoms. The van der Waals surface area contributed by atoms with E-state index in [2.05, 4.69) is 10.0 Å². The standard InChI is InChI=1S/C22H18ClF3N2O4S/c1-14-2-5-16(6-3-14)28-33(30,31)18-9-7-17(8-10-18)32-13-21(29)27-20-11-4-15(23)12-19(20)22(24,25)26/h2-12,28H,13H2,1H3,(H,27,29). The summed E-state index contributed by atoms with van der Waals surface area (Å²) in [5.41, 5.74) is -0.157. The molecular formula is C22H18ClF3N2O4S. The first-order valence-electron chi connectivity index (χ1n) is 9.43. The number of alkyl halides is 3. The van der Waals surface area contributed by atoms with Crippen LogP contribution in [0.5, 0.6) is 5.75 Å². The van der Waals surface area contributed by atoms with Crippen LogP contribution in [0.25, 0.3) is 0 Å². The predicted octanol–water partition coefficient (Wildman–Crippen LogP) is 5.49. The van der Waals surface area contributed by atoms with Crippen molar-refractivity contribution in [3.05, 3.63) is 82.9 Å². The molecule has 6 nitrogen and oxygen atoms in total. The van der Waals surface area contributed by atoms with Gasteiger partial charge in [0.05, 0.1) is 16.1 Å². The van der Waals surface area contributed by atoms with Crippen LogP contribution in [0.4, 0.5) is 24.5 Å². The van der Waals surface area contributed by atoms with E-state index in [1.165, 1.54) is 30.3 Å². The summed E-state index contributed by atoms with van der Waals surface area (Å²) >= 11 is 5.61. The maximum atomic E-state index is 13.1. The SMILES string of the molecule is Cc1ccc(NS(=O)(=O)c2ccc(OCC(=O)Nc3ccc(Cl)cc3C(F)(F)F)cc2)cc1. The van der Waals surface area contributed by atoms with Crippen LogP contribution in [0.3, 0.4) is 0 Å². The molecule has 0 unspecified atom stereocenters. The molecule has 0 aliphatic rings. The zero-order chi connectivity index (χ0) is 24.2. The summed E-state index contributed by atoms with van der Waals surface area (Å²) in [6, 6.07) is 15.0. The van der Waals surface area contributed by atoms with E-state index in [0.29, 0.717) is 11.8 Å². The van der Waals surface area contributed by atoms with E-state index in [0.717, 1.165) is 11.6 Å². The minimum absolute atomic E-state index is 0.0316. The van der Waals surface area contributed by atoms with Gasteiger partial charge in [0, 0.05) is 10.7 Å². The van der Waals surface area contributed by atoms with Crippen LogP contribution in [-0.4, -0.2) is 20.9 Å². The van der Waals surface area contributed by atoms with Crippen LogP contribution in [0.2, 0.25) is 5.02 Å². The number of hydrogen-bond acceptors (Lipinski definition) is 4. The number of amides is 1. The number of benzene rings is 3. The first-order valence-corrected chi connectivity index (χ1v) is 11.3. The monoisotopic (exact) mass is 498 g/mol. The summed E-state index contributed by atoms with van der Waals surface area (Å²) in [5.74, 6) is -0.674. The molecule has 2 N–H and O–H groups in total. The van der Waals surface area contributed by atoms with Gasteiger partial charge in [-0.1, -0.05) is 29.3 Å². The summed E-state index contributed by atoms with van der Waals surface area (Å²) in [7, 11) is -3.84. The van der Waals surface area contributed by atoms with Crippen LogP contribution in [-0.2, 0) is 21.0 Å². The van der Waals surface area contributed by atoms with Crippen molar-refractivity contribution < 1.29 is 31.1 Å². The Kier molecular flexibility index (Phi) is 7.19. The van der Waals surface area contributed by atoms with Gasteiger partial charge in [-0.2, -0.15) is 13.2 Å². The Bertz CT molecular complexity index is 1250. The highest BCUT2D eigenvalue weighted by Gasteiger charge is 2.34. The molecule has 0 saturated carbocycles. The van der Waals surface area contributed by atoms with Crippen molar-refractivity contribution in [1.29, 1.82) is 0 Å². The molecule has 1 amide bonds. The molecule has 174 valence electrons. The lowest BCUT2D eigenvalue weighted by Crippen LogP contribution is -2.22. The third-order valence-electron chi connectivity index (χ3n) is 4.37. The lowest BCUT2D eigenvalue weighted by atomic mass is 10.1. The zero-order valence-electron chi connectivity index (χ0n) is 17.1. The number of sulfonamides is 1. The number of anilines is 2. The largest absolute Gasteiger partial charge is 0.484 e. The summed E-state index contributed by atoms with van der Waals surface area (Å²) in [6.07, 6.45) is -4.71. The molecular weight excluding hydrogens is 481 g/mol. The topological polar surface area (TPSA) is 84.5 Å². The lowest BCUT2D eigenvalue weighted by Gasteiger charge is -2.14. The number of halogens is 4. The molecule has 0 heterocycles. The molecule has 3 aromatic carbocycles. The minimum atomic E-state index is -4.71. The van der Waals surface area contributed by atoms with Crippen LogP contribution >= 0.6 is 11.6 Å². The second-order valence-corrected chi connectivity index (χ2v) is 9.09. The highest BCUT2D eigenvalue weighted by atomic mass is 35.5. The highest BCUT2D eigenvalue weighted by Crippen LogP contribution is 2.36. The Morgan fingerprint density at radius 1 is 1.00 bits per heavy atom. The fourth-order valence-corrected chi connectivity index (χ4v) is 3.98. The van der Waals surface area contributed by atoms with Gasteiger partial charge in [-0.25, -0.2) is 8.42 Å². The molecule has 0 aliphatic heterocycles. The smallest absolute Gasteiger partial charge is 0.418 e. The molecule has 0 fully saturated rings. The molecule has 33 heavy (non-hydrogen) atoms. The number of nitrogens with one attached hydrogen (secondary N) is 2. The average molecular weight is 499 g/mol. The number of ether oxygens (including phenoxy) is 1. The molecule has 0 saturated heterocycles. The number of rotatable bonds is 7. The van der Waals surface area contributed by atoms with E-state index in [9.17, 15) is 26.4 Å². The quantitative estimate of drug-likeness (QED) is 0.451. The van der Waals surface area contributed by atoms with Gasteiger partial charge in [-0.3, -0.25) is 9.52 Å². The van der Waals surface area contributed by atoms with Gasteiger partial charge in [-0.05, 0) is 61.5 Å². The summed E-state index contributed by atoms with van der Waals surface area (Å²) in [6.45, 7) is 1.29. The van der Waals surface area contributed by atoms with Crippen molar-refractivity contribution in [2.75, 3.05) is 16.6 Å². The van der Waals surface area contributed by atoms with Gasteiger partial charge in [0.1, 0.15) is 5.75 Å². The van der Waals surface area contributed by atoms with Crippen molar-refractivity contribution in [1.82, 2.24) is 0 Å². The van der Waals surface area contributed by atoms with Crippen molar-refractivity contribution in [2.24, 2.45) is 0 Å². The first kappa shape index (κ1) is 24.4. The average Bonchev–Trinajstić information content (AvgIpc) is 2.74. The van der Waals surface area contributed by atoms with Crippen LogP contribution in [0.15, 0.2) is 71.6 Å². The van der Waals surface area contributed by atoms with Crippen molar-refractivity contribution in [3.8, 4) is 5.75 Å². The fraction of sp³-hybridized carbons (Fsp3) is 0.136. The molecule has 0 aromatic heterocycles. The number of hydrogen-bond donors (Lipinski definition) is 2. The van der Waals surface area contributed by atoms with Crippen LogP contribution in [0.1, 0.15) is 11.1 Å². The fourth-order valence-electron chi connectivity index (χ4n) is 2.75. The second kappa shape index (κ2) is 9.72. The number of carbonyl (C=O) groups excluding carboxylic acids is 1. The van der Waals surface area contributed by atoms with Gasteiger partial charge in [-0.15, -0.1) is 0 Å². The second-order valence-electron chi connectivity index (χ2n) is 6.97. The predicted molar refractivity (Wildman–Crippen MR) is 119 cm³/mol. The zero-order valence-corrected chi connectivity index (χ0v) is 18.7. The molecule has 3 aromatic rings. The third-order valence-corrected chi connectivity index (χ3v) is 6.00. The molecule has 3 rings (SSSR count).